The molecule has 1 N–H and O–H groups in total. The molecular weight excluding hydrogens is 228 g/mol. The van der Waals surface area contributed by atoms with Gasteiger partial charge in [0, 0.05) is 6.54 Å². The lowest BCUT2D eigenvalue weighted by atomic mass is 10.2. The molecule has 0 spiro atoms. The molecule has 18 heavy (non-hydrogen) atoms. The molecule has 0 aromatic heterocycles. The van der Waals surface area contributed by atoms with E-state index in [4.69, 9.17) is 14.7 Å². The molecule has 0 aliphatic carbocycles. The Morgan fingerprint density at radius 1 is 1.33 bits per heavy atom. The van der Waals surface area contributed by atoms with Gasteiger partial charge in [-0.05, 0) is 38.1 Å². The smallest absolute Gasteiger partial charge is 0.184 e. The lowest BCUT2D eigenvalue weighted by Crippen LogP contribution is -2.13. The highest BCUT2D eigenvalue weighted by atomic mass is 16.5. The Balaban J connectivity index is 2.92. The van der Waals surface area contributed by atoms with Crippen molar-refractivity contribution in [3.63, 3.8) is 0 Å². The van der Waals surface area contributed by atoms with E-state index in [-0.39, 0.29) is 0 Å². The lowest BCUT2D eigenvalue weighted by Gasteiger charge is -2.15. The van der Waals surface area contributed by atoms with E-state index in [9.17, 15) is 0 Å². The van der Waals surface area contributed by atoms with Crippen LogP contribution in [0.25, 0.3) is 0 Å². The highest BCUT2D eigenvalue weighted by molar-refractivity contribution is 5.43. The molecule has 1 rings (SSSR count). The summed E-state index contributed by atoms with van der Waals surface area (Å²) in [5.74, 6) is 1.32. The van der Waals surface area contributed by atoms with Crippen LogP contribution in [0.4, 0.5) is 0 Å². The van der Waals surface area contributed by atoms with Gasteiger partial charge in [-0.25, -0.2) is 0 Å². The summed E-state index contributed by atoms with van der Waals surface area (Å²) in [6.07, 6.45) is 0.222. The minimum absolute atomic E-state index is 0.431. The average Bonchev–Trinajstić information content (AvgIpc) is 2.39. The number of benzene rings is 1. The van der Waals surface area contributed by atoms with Crippen molar-refractivity contribution < 1.29 is 9.47 Å². The van der Waals surface area contributed by atoms with Crippen molar-refractivity contribution in [1.29, 1.82) is 5.26 Å². The molecule has 0 saturated carbocycles. The first-order chi connectivity index (χ1) is 8.74. The number of hydrogen-bond acceptors (Lipinski definition) is 4. The summed E-state index contributed by atoms with van der Waals surface area (Å²) in [4.78, 5) is 0. The molecule has 0 amide bonds. The van der Waals surface area contributed by atoms with Crippen molar-refractivity contribution in [1.82, 2.24) is 5.32 Å². The fraction of sp³-hybridized carbons (Fsp3) is 0.500. The SMILES string of the molecule is CCOc1cc(CNC)ccc1OC(C#N)CC. The Bertz CT molecular complexity index is 413. The predicted molar refractivity (Wildman–Crippen MR) is 70.7 cm³/mol. The molecule has 1 atom stereocenters. The van der Waals surface area contributed by atoms with Gasteiger partial charge in [-0.2, -0.15) is 5.26 Å². The molecule has 0 fully saturated rings. The molecule has 0 bridgehead atoms. The van der Waals surface area contributed by atoms with Crippen LogP contribution in [0.2, 0.25) is 0 Å². The van der Waals surface area contributed by atoms with Crippen LogP contribution >= 0.6 is 0 Å². The summed E-state index contributed by atoms with van der Waals surface area (Å²) in [6.45, 7) is 5.19. The third-order valence-corrected chi connectivity index (χ3v) is 2.47. The first kappa shape index (κ1) is 14.3. The maximum atomic E-state index is 8.92. The highest BCUT2D eigenvalue weighted by Crippen LogP contribution is 2.29. The van der Waals surface area contributed by atoms with Gasteiger partial charge in [-0.15, -0.1) is 0 Å². The van der Waals surface area contributed by atoms with Crippen LogP contribution in [0.1, 0.15) is 25.8 Å². The molecule has 0 aliphatic rings. The van der Waals surface area contributed by atoms with Crippen molar-refractivity contribution in [3.05, 3.63) is 23.8 Å². The molecule has 0 heterocycles. The Morgan fingerprint density at radius 2 is 2.11 bits per heavy atom. The second kappa shape index (κ2) is 7.57. The van der Waals surface area contributed by atoms with Crippen LogP contribution in [0.5, 0.6) is 11.5 Å². The fourth-order valence-corrected chi connectivity index (χ4v) is 1.59. The molecule has 0 radical (unpaired) electrons. The summed E-state index contributed by atoms with van der Waals surface area (Å²) < 4.78 is 11.2. The molecule has 0 saturated heterocycles. The minimum Gasteiger partial charge on any atom is -0.490 e. The maximum absolute atomic E-state index is 8.92. The second-order valence-corrected chi connectivity index (χ2v) is 3.89. The summed E-state index contributed by atoms with van der Waals surface area (Å²) in [7, 11) is 1.90. The van der Waals surface area contributed by atoms with Crippen molar-refractivity contribution in [2.24, 2.45) is 0 Å². The minimum atomic E-state index is -0.431. The molecule has 98 valence electrons. The first-order valence-corrected chi connectivity index (χ1v) is 6.21. The van der Waals surface area contributed by atoms with Gasteiger partial charge >= 0.3 is 0 Å². The standard InChI is InChI=1S/C14H20N2O2/c1-4-12(9-15)18-13-7-6-11(10-16-3)8-14(13)17-5-2/h6-8,12,16H,4-5,10H2,1-3H3. The van der Waals surface area contributed by atoms with Gasteiger partial charge in [0.2, 0.25) is 0 Å². The number of ether oxygens (including phenoxy) is 2. The Kier molecular flexibility index (Phi) is 6.03. The van der Waals surface area contributed by atoms with Gasteiger partial charge in [-0.1, -0.05) is 13.0 Å². The molecule has 1 aromatic rings. The Labute approximate surface area is 109 Å². The lowest BCUT2D eigenvalue weighted by molar-refractivity contribution is 0.231. The summed E-state index contributed by atoms with van der Waals surface area (Å²) in [6, 6.07) is 7.89. The van der Waals surface area contributed by atoms with E-state index in [1.54, 1.807) is 0 Å². The molecule has 1 unspecified atom stereocenters. The van der Waals surface area contributed by atoms with E-state index >= 15 is 0 Å². The number of nitriles is 1. The first-order valence-electron chi connectivity index (χ1n) is 6.21. The molecule has 4 nitrogen and oxygen atoms in total. The van der Waals surface area contributed by atoms with Crippen molar-refractivity contribution in [2.45, 2.75) is 32.9 Å². The molecule has 1 aromatic carbocycles. The van der Waals surface area contributed by atoms with Crippen LogP contribution in [-0.2, 0) is 6.54 Å². The summed E-state index contributed by atoms with van der Waals surface area (Å²) >= 11 is 0. The molecular formula is C14H20N2O2. The summed E-state index contributed by atoms with van der Waals surface area (Å²) in [5.41, 5.74) is 1.12. The summed E-state index contributed by atoms with van der Waals surface area (Å²) in [5, 5.41) is 12.0. The number of nitrogens with one attached hydrogen (secondary N) is 1. The van der Waals surface area contributed by atoms with E-state index in [0.717, 1.165) is 12.1 Å². The molecule has 0 aliphatic heterocycles. The van der Waals surface area contributed by atoms with Gasteiger partial charge in [-0.3, -0.25) is 0 Å². The highest BCUT2D eigenvalue weighted by Gasteiger charge is 2.11. The van der Waals surface area contributed by atoms with Crippen LogP contribution < -0.4 is 14.8 Å². The van der Waals surface area contributed by atoms with E-state index < -0.39 is 6.10 Å². The van der Waals surface area contributed by atoms with Crippen molar-refractivity contribution in [2.75, 3.05) is 13.7 Å². The van der Waals surface area contributed by atoms with E-state index in [0.29, 0.717) is 24.5 Å². The van der Waals surface area contributed by atoms with Crippen molar-refractivity contribution >= 4 is 0 Å². The van der Waals surface area contributed by atoms with Gasteiger partial charge in [0.25, 0.3) is 0 Å². The molecule has 4 heteroatoms. The van der Waals surface area contributed by atoms with Crippen LogP contribution in [-0.4, -0.2) is 19.8 Å². The predicted octanol–water partition coefficient (Wildman–Crippen LogP) is 2.49. The zero-order valence-corrected chi connectivity index (χ0v) is 11.2. The third kappa shape index (κ3) is 3.94. The number of nitrogens with zero attached hydrogens (tertiary/aromatic N) is 1. The quantitative estimate of drug-likeness (QED) is 0.805. The normalized spacial score (nSPS) is 11.7. The van der Waals surface area contributed by atoms with Crippen molar-refractivity contribution in [3.8, 4) is 17.6 Å². The number of hydrogen-bond donors (Lipinski definition) is 1. The second-order valence-electron chi connectivity index (χ2n) is 3.89. The van der Waals surface area contributed by atoms with Crippen LogP contribution in [0.15, 0.2) is 18.2 Å². The monoisotopic (exact) mass is 248 g/mol. The maximum Gasteiger partial charge on any atom is 0.184 e. The Morgan fingerprint density at radius 3 is 2.67 bits per heavy atom. The van der Waals surface area contributed by atoms with E-state index in [1.807, 2.05) is 39.1 Å². The topological polar surface area (TPSA) is 54.3 Å². The fourth-order valence-electron chi connectivity index (χ4n) is 1.59. The van der Waals surface area contributed by atoms with Gasteiger partial charge < -0.3 is 14.8 Å². The van der Waals surface area contributed by atoms with E-state index in [1.165, 1.54) is 0 Å². The zero-order valence-electron chi connectivity index (χ0n) is 11.2. The van der Waals surface area contributed by atoms with Crippen LogP contribution in [0, 0.1) is 11.3 Å². The zero-order chi connectivity index (χ0) is 13.4. The largest absolute Gasteiger partial charge is 0.490 e. The van der Waals surface area contributed by atoms with Gasteiger partial charge in [0.1, 0.15) is 6.07 Å². The van der Waals surface area contributed by atoms with Gasteiger partial charge in [0.15, 0.2) is 17.6 Å². The van der Waals surface area contributed by atoms with E-state index in [2.05, 4.69) is 11.4 Å². The average molecular weight is 248 g/mol. The number of rotatable bonds is 7. The van der Waals surface area contributed by atoms with Gasteiger partial charge in [0.05, 0.1) is 6.61 Å². The third-order valence-electron chi connectivity index (χ3n) is 2.47. The Hall–Kier alpha value is -1.73. The van der Waals surface area contributed by atoms with Crippen LogP contribution in [0.3, 0.4) is 0 Å².